The lowest BCUT2D eigenvalue weighted by Gasteiger charge is -2.35. The second kappa shape index (κ2) is 33.8. The van der Waals surface area contributed by atoms with Crippen molar-refractivity contribution in [1.29, 1.82) is 0 Å². The first-order chi connectivity index (χ1) is 49.0. The van der Waals surface area contributed by atoms with Gasteiger partial charge in [0.05, 0.1) is 54.3 Å². The zero-order valence-corrected chi connectivity index (χ0v) is 59.2. The summed E-state index contributed by atoms with van der Waals surface area (Å²) in [6.45, 7) is 23.0. The molecule has 0 radical (unpaired) electrons. The summed E-state index contributed by atoms with van der Waals surface area (Å²) in [5.74, 6) is 2.61. The van der Waals surface area contributed by atoms with E-state index in [1.54, 1.807) is 17.3 Å². The molecule has 2 aromatic carbocycles. The minimum absolute atomic E-state index is 0.0429. The number of hydrogen-bond donors (Lipinski definition) is 4. The highest BCUT2D eigenvalue weighted by Crippen LogP contribution is 2.35. The van der Waals surface area contributed by atoms with Crippen molar-refractivity contribution in [1.82, 2.24) is 64.3 Å². The van der Waals surface area contributed by atoms with Crippen molar-refractivity contribution in [3.8, 4) is 11.3 Å². The third-order valence-corrected chi connectivity index (χ3v) is 20.9. The van der Waals surface area contributed by atoms with Crippen LogP contribution in [0.1, 0.15) is 137 Å². The number of oxazole rings is 1. The van der Waals surface area contributed by atoms with Crippen LogP contribution in [-0.2, 0) is 56.4 Å². The number of allylic oxidation sites excluding steroid dienone is 1. The molecule has 27 nitrogen and oxygen atoms in total. The van der Waals surface area contributed by atoms with Crippen LogP contribution >= 0.6 is 0 Å². The molecule has 7 aromatic rings. The molecule has 2 amide bonds. The van der Waals surface area contributed by atoms with E-state index in [4.69, 9.17) is 45.3 Å². The quantitative estimate of drug-likeness (QED) is 0.0111. The Balaban J connectivity index is 0.522. The van der Waals surface area contributed by atoms with Crippen molar-refractivity contribution in [3.05, 3.63) is 106 Å². The van der Waals surface area contributed by atoms with E-state index in [-0.39, 0.29) is 48.5 Å². The van der Waals surface area contributed by atoms with E-state index in [2.05, 4.69) is 102 Å². The number of nitrogen functional groups attached to an aromatic ring is 2. The molecule has 12 rings (SSSR count). The van der Waals surface area contributed by atoms with Crippen molar-refractivity contribution in [2.45, 2.75) is 150 Å². The maximum Gasteiger partial charge on any atom is 0.293 e. The van der Waals surface area contributed by atoms with Gasteiger partial charge in [-0.05, 0) is 135 Å². The fraction of sp³-hybridized carbons (Fsp3) is 0.568. The average Bonchev–Trinajstić information content (AvgIpc) is 1.65. The lowest BCUT2D eigenvalue weighted by molar-refractivity contribution is -0.137. The smallest absolute Gasteiger partial charge is 0.293 e. The number of nitrogens with two attached hydrogens (primary N) is 2. The number of fused-ring (bicyclic) bond motifs is 4. The molecule has 101 heavy (non-hydrogen) atoms. The van der Waals surface area contributed by atoms with Gasteiger partial charge >= 0.3 is 0 Å². The van der Waals surface area contributed by atoms with Crippen LogP contribution in [0.3, 0.4) is 0 Å². The van der Waals surface area contributed by atoms with E-state index in [0.717, 1.165) is 168 Å². The fourth-order valence-corrected chi connectivity index (χ4v) is 14.9. The monoisotopic (exact) mass is 1380 g/mol. The number of aliphatic hydroxyl groups is 2. The minimum atomic E-state index is -0.764. The number of nitrogens with zero attached hydrogens (tertiary/aromatic N) is 16. The van der Waals surface area contributed by atoms with Crippen LogP contribution in [0, 0.1) is 23.7 Å². The van der Waals surface area contributed by atoms with Crippen LogP contribution in [0.25, 0.3) is 33.4 Å². The highest BCUT2D eigenvalue weighted by atomic mass is 16.6. The summed E-state index contributed by atoms with van der Waals surface area (Å²) >= 11 is 0. The Hall–Kier alpha value is -8.76. The zero-order chi connectivity index (χ0) is 70.5. The Bertz CT molecular complexity index is 4010. The molecule has 0 bridgehead atoms. The van der Waals surface area contributed by atoms with Crippen molar-refractivity contribution in [2.24, 2.45) is 28.8 Å². The molecule has 3 fully saturated rings. The van der Waals surface area contributed by atoms with Crippen LogP contribution in [0.4, 0.5) is 23.7 Å². The number of oxime groups is 1. The summed E-state index contributed by atoms with van der Waals surface area (Å²) in [5, 5.41) is 31.5. The number of anilines is 4. The Kier molecular flexibility index (Phi) is 24.1. The van der Waals surface area contributed by atoms with Crippen LogP contribution in [0.2, 0.25) is 0 Å². The molecule has 1 saturated carbocycles. The van der Waals surface area contributed by atoms with Gasteiger partial charge in [0, 0.05) is 134 Å². The van der Waals surface area contributed by atoms with Crippen LogP contribution < -0.4 is 21.3 Å². The number of carbonyl (C=O) groups is 3. The molecule has 0 unspecified atom stereocenters. The summed E-state index contributed by atoms with van der Waals surface area (Å²) in [6, 6.07) is 12.0. The van der Waals surface area contributed by atoms with Crippen molar-refractivity contribution >= 4 is 69.9 Å². The average molecular weight is 1390 g/mol. The maximum absolute atomic E-state index is 13.8. The van der Waals surface area contributed by atoms with Gasteiger partial charge in [0.25, 0.3) is 24.3 Å². The van der Waals surface area contributed by atoms with Gasteiger partial charge in [-0.3, -0.25) is 24.2 Å². The number of amides is 2. The predicted octanol–water partition coefficient (Wildman–Crippen LogP) is 7.51. The second-order valence-corrected chi connectivity index (χ2v) is 28.7. The van der Waals surface area contributed by atoms with Gasteiger partial charge in [-0.25, -0.2) is 34.6 Å². The number of benzene rings is 2. The summed E-state index contributed by atoms with van der Waals surface area (Å²) in [5.41, 5.74) is 22.7. The highest BCUT2D eigenvalue weighted by molar-refractivity contribution is 5.99. The third-order valence-electron chi connectivity index (χ3n) is 20.9. The number of rotatable bonds is 30. The van der Waals surface area contributed by atoms with Gasteiger partial charge < -0.3 is 60.0 Å². The van der Waals surface area contributed by atoms with Crippen molar-refractivity contribution < 1.29 is 43.3 Å². The van der Waals surface area contributed by atoms with Gasteiger partial charge in [-0.1, -0.05) is 57.1 Å². The number of hydrogen-bond acceptors (Lipinski definition) is 24. The molecule has 5 aromatic heterocycles. The van der Waals surface area contributed by atoms with E-state index >= 15 is 0 Å². The number of piperazine rings is 2. The lowest BCUT2D eigenvalue weighted by atomic mass is 9.83. The van der Waals surface area contributed by atoms with Gasteiger partial charge in [0.15, 0.2) is 17.8 Å². The fourth-order valence-electron chi connectivity index (χ4n) is 14.9. The molecule has 5 aliphatic rings. The molecule has 4 aliphatic heterocycles. The van der Waals surface area contributed by atoms with E-state index in [0.29, 0.717) is 129 Å². The zero-order valence-electron chi connectivity index (χ0n) is 59.2. The normalized spacial score (nSPS) is 19.3. The van der Waals surface area contributed by atoms with Gasteiger partial charge in [-0.15, -0.1) is 0 Å². The SMILES string of the molecule is C/C(=C\[C@@H](C)CC[C@@H](CC[C@H]1CC[C@H](O)CC1)OC=O)[C@@H](O)C/C(=N/OCC(=O)N1CCc2nc(N3CCN(CCOCCN4CCN(c5ncc(C(=O)N6CCc7cc(Cn8nc(-c9ccc%10oc(N)nc%10c9)c9c(N)ncnc98)ccc7C6)cn5)CC4)CC3)ncc2C1)[C@H](C)CC(C)C. The number of ether oxygens (including phenoxy) is 2. The highest BCUT2D eigenvalue weighted by Gasteiger charge is 2.30. The van der Waals surface area contributed by atoms with Crippen molar-refractivity contribution in [3.63, 3.8) is 0 Å². The number of aromatic nitrogens is 9. The van der Waals surface area contributed by atoms with Crippen LogP contribution in [-0.4, -0.2) is 215 Å². The lowest BCUT2D eigenvalue weighted by Crippen LogP contribution is -2.48. The van der Waals surface area contributed by atoms with Gasteiger partial charge in [0.2, 0.25) is 11.9 Å². The Labute approximate surface area is 590 Å². The van der Waals surface area contributed by atoms with Crippen LogP contribution in [0.15, 0.2) is 82.5 Å². The molecule has 6 N–H and O–H groups in total. The molecular weight excluding hydrogens is 1280 g/mol. The number of aliphatic hydroxyl groups excluding tert-OH is 2. The first kappa shape index (κ1) is 72.0. The predicted molar refractivity (Wildman–Crippen MR) is 385 cm³/mol. The first-order valence-electron chi connectivity index (χ1n) is 36.3. The van der Waals surface area contributed by atoms with E-state index in [1.165, 1.54) is 11.9 Å². The Morgan fingerprint density at radius 1 is 0.772 bits per heavy atom. The van der Waals surface area contributed by atoms with Gasteiger partial charge in [0.1, 0.15) is 29.5 Å². The minimum Gasteiger partial charge on any atom is -0.465 e. The maximum atomic E-state index is 13.8. The molecular formula is C74H100N18O9. The summed E-state index contributed by atoms with van der Waals surface area (Å²) in [4.78, 5) is 89.6. The van der Waals surface area contributed by atoms with Crippen LogP contribution in [0.5, 0.6) is 0 Å². The summed E-state index contributed by atoms with van der Waals surface area (Å²) < 4.78 is 19.0. The standard InChI is InChI=1S/C74H100N18O9/c1-48(2)34-50(4)62(38-64(95)51(5)35-49(3)6-15-60(99-47-93)16-10-52-8-13-59(94)14-9-52)85-100-45-66(96)90-21-19-61-58(44-90)41-79-74(83-61)89-28-24-87(25-29-89)31-33-98-32-30-86-22-26-88(27-23-86)73-77-39-57(40-78-73)71(97)91-20-18-54-36-53(7-11-56(54)43-91)42-92-70-67(69(75)80-46-81-70)68(84-92)55-12-17-65-63(37-55)82-72(76)101-65/h7,11-12,17,35-37,39-41,46-50,52,59-60,64,94-95H,6,8-10,13-16,18-34,38,42-45H2,1-5H3,(H2,76,82)(H2,75,80,81)/b51-35+,85-62-/t49-,50+,52-,59-,60-,64-/m0/s1. The number of carbonyl (C=O) groups excluding carboxylic acids is 3. The van der Waals surface area contributed by atoms with Gasteiger partial charge in [-0.2, -0.15) is 10.1 Å². The first-order valence-corrected chi connectivity index (χ1v) is 36.3. The summed E-state index contributed by atoms with van der Waals surface area (Å²) in [6.07, 6.45) is 17.2. The molecule has 9 heterocycles. The van der Waals surface area contributed by atoms with E-state index in [9.17, 15) is 24.6 Å². The molecule has 27 heteroatoms. The summed E-state index contributed by atoms with van der Waals surface area (Å²) in [7, 11) is 0. The Morgan fingerprint density at radius 3 is 2.22 bits per heavy atom. The topological polar surface area (TPSA) is 324 Å². The van der Waals surface area contributed by atoms with E-state index < -0.39 is 6.10 Å². The largest absolute Gasteiger partial charge is 0.465 e. The van der Waals surface area contributed by atoms with Crippen molar-refractivity contribution in [2.75, 3.05) is 120 Å². The molecule has 2 saturated heterocycles. The second-order valence-electron chi connectivity index (χ2n) is 28.7. The molecule has 1 aliphatic carbocycles. The molecule has 540 valence electrons. The molecule has 4 atom stereocenters. The Morgan fingerprint density at radius 2 is 1.49 bits per heavy atom. The van der Waals surface area contributed by atoms with E-state index in [1.807, 2.05) is 40.9 Å². The molecule has 0 spiro atoms. The third kappa shape index (κ3) is 18.7.